The molecule has 1 unspecified atom stereocenters. The summed E-state index contributed by atoms with van der Waals surface area (Å²) in [7, 11) is -0.501. The van der Waals surface area contributed by atoms with Gasteiger partial charge in [-0.15, -0.1) is 7.53 Å². The van der Waals surface area contributed by atoms with Crippen molar-refractivity contribution in [1.29, 1.82) is 0 Å². The summed E-state index contributed by atoms with van der Waals surface area (Å²) >= 11 is 0. The van der Waals surface area contributed by atoms with Crippen LogP contribution in [0, 0.1) is 23.2 Å². The molecule has 0 saturated heterocycles. The van der Waals surface area contributed by atoms with Crippen molar-refractivity contribution in [3.8, 4) is 10.9 Å². The molecule has 0 spiro atoms. The molecule has 1 heteroatoms. The lowest BCUT2D eigenvalue weighted by molar-refractivity contribution is -0.102. The lowest BCUT2D eigenvalue weighted by Crippen LogP contribution is -2.53. The van der Waals surface area contributed by atoms with Crippen molar-refractivity contribution in [2.24, 2.45) is 23.2 Å². The predicted molar refractivity (Wildman–Crippen MR) is 226 cm³/mol. The van der Waals surface area contributed by atoms with Gasteiger partial charge in [0, 0.05) is 16.1 Å². The minimum Gasteiger partial charge on any atom is -0.105 e. The monoisotopic (exact) mass is 680 g/mol. The molecule has 0 aliphatic heterocycles. The molecule has 1 aromatic heterocycles. The van der Waals surface area contributed by atoms with E-state index in [0.717, 1.165) is 49.1 Å². The minimum absolute atomic E-state index is 0.484. The Morgan fingerprint density at radius 1 is 0.588 bits per heavy atom. The van der Waals surface area contributed by atoms with Crippen LogP contribution in [-0.4, -0.2) is 0 Å². The van der Waals surface area contributed by atoms with E-state index in [-0.39, 0.29) is 0 Å². The first-order chi connectivity index (χ1) is 24.9. The third-order valence-corrected chi connectivity index (χ3v) is 17.0. The summed E-state index contributed by atoms with van der Waals surface area (Å²) in [6, 6.07) is 42.8. The first-order valence-corrected chi connectivity index (χ1v) is 21.1. The highest BCUT2D eigenvalue weighted by molar-refractivity contribution is 7.59. The van der Waals surface area contributed by atoms with E-state index in [1.54, 1.807) is 21.5 Å². The van der Waals surface area contributed by atoms with Gasteiger partial charge in [-0.05, 0) is 143 Å². The highest BCUT2D eigenvalue weighted by atomic mass is 31.1. The zero-order chi connectivity index (χ0) is 34.6. The van der Waals surface area contributed by atoms with Gasteiger partial charge in [0.25, 0.3) is 0 Å². The highest BCUT2D eigenvalue weighted by Crippen LogP contribution is 2.72. The molecule has 0 N–H and O–H groups in total. The maximum atomic E-state index is 2.75. The van der Waals surface area contributed by atoms with Crippen LogP contribution in [0.2, 0.25) is 0 Å². The second kappa shape index (κ2) is 11.7. The summed E-state index contributed by atoms with van der Waals surface area (Å²) in [5.41, 5.74) is 5.81. The molecule has 3 saturated carbocycles. The zero-order valence-electron chi connectivity index (χ0n) is 30.9. The maximum absolute atomic E-state index is 2.75. The molecular formula is C50H49P. The van der Waals surface area contributed by atoms with Gasteiger partial charge in [-0.2, -0.15) is 0 Å². The van der Waals surface area contributed by atoms with E-state index in [0.29, 0.717) is 5.41 Å². The van der Waals surface area contributed by atoms with Gasteiger partial charge in [0.1, 0.15) is 0 Å². The summed E-state index contributed by atoms with van der Waals surface area (Å²) < 4.78 is 0. The van der Waals surface area contributed by atoms with Crippen LogP contribution in [0.3, 0.4) is 0 Å². The van der Waals surface area contributed by atoms with Crippen molar-refractivity contribution in [2.45, 2.75) is 78.8 Å². The number of hydrogen-bond acceptors (Lipinski definition) is 0. The Morgan fingerprint density at radius 3 is 1.98 bits per heavy atom. The Morgan fingerprint density at radius 2 is 1.25 bits per heavy atom. The van der Waals surface area contributed by atoms with Gasteiger partial charge in [-0.1, -0.05) is 138 Å². The molecule has 0 nitrogen and oxygen atoms in total. The van der Waals surface area contributed by atoms with E-state index < -0.39 is 7.53 Å². The second-order valence-corrected chi connectivity index (χ2v) is 19.1. The number of benzene rings is 7. The van der Waals surface area contributed by atoms with Crippen LogP contribution >= 0.6 is 7.53 Å². The van der Waals surface area contributed by atoms with E-state index >= 15 is 0 Å². The first kappa shape index (κ1) is 31.6. The molecule has 3 aliphatic rings. The van der Waals surface area contributed by atoms with Crippen molar-refractivity contribution in [2.75, 3.05) is 0 Å². The Labute approximate surface area is 303 Å². The fourth-order valence-electron chi connectivity index (χ4n) is 11.2. The normalized spacial score (nSPS) is 21.7. The zero-order valence-corrected chi connectivity index (χ0v) is 31.8. The van der Waals surface area contributed by atoms with Crippen LogP contribution in [0.5, 0.6) is 0 Å². The van der Waals surface area contributed by atoms with Crippen molar-refractivity contribution < 1.29 is 0 Å². The summed E-state index contributed by atoms with van der Waals surface area (Å²) in [4.78, 5) is 0. The van der Waals surface area contributed by atoms with Crippen LogP contribution in [0.4, 0.5) is 0 Å². The summed E-state index contributed by atoms with van der Waals surface area (Å²) in [6.45, 7) is 12.5. The molecule has 3 fully saturated rings. The minimum atomic E-state index is -0.501. The molecular weight excluding hydrogens is 632 g/mol. The number of rotatable bonds is 6. The third kappa shape index (κ3) is 4.51. The topological polar surface area (TPSA) is 0 Å². The standard InChI is InChI=1S/C50H49P/c1-6-13-38-39(14-7-2)41-25-35-26-45(32-16-9-8-10-17-32)51(44-28-36-27-43(30(44)3)50(36,4)5)46(35)29-42(41)49-40(38)24-23-34-22-21-33-20-19-31-15-11-12-18-37(31)47(33)48(34)49/h8-12,15-26,29-30,36,43-44H,6-7,13-14,27-28H2,1-5H3/t30-,36+,43-,44-,51?/m1/s1. The number of hydrogen-bond donors (Lipinski definition) is 0. The average Bonchev–Trinajstić information content (AvgIpc) is 3.53. The lowest BCUT2D eigenvalue weighted by atomic mass is 9.46. The molecule has 2 bridgehead atoms. The van der Waals surface area contributed by atoms with Gasteiger partial charge in [0.2, 0.25) is 0 Å². The summed E-state index contributed by atoms with van der Waals surface area (Å²) in [5, 5.41) is 18.9. The lowest BCUT2D eigenvalue weighted by Gasteiger charge is -2.62. The van der Waals surface area contributed by atoms with E-state index in [9.17, 15) is 0 Å². The fourth-order valence-corrected chi connectivity index (χ4v) is 14.7. The molecule has 0 radical (unpaired) electrons. The van der Waals surface area contributed by atoms with Gasteiger partial charge < -0.3 is 0 Å². The largest absolute Gasteiger partial charge is 0.105 e. The Kier molecular flexibility index (Phi) is 7.25. The molecule has 1 heterocycles. The molecule has 3 aliphatic carbocycles. The van der Waals surface area contributed by atoms with Crippen LogP contribution in [-0.2, 0) is 12.8 Å². The molecule has 254 valence electrons. The van der Waals surface area contributed by atoms with Crippen LogP contribution in [0.1, 0.15) is 77.1 Å². The number of fused-ring (bicyclic) bond motifs is 12. The summed E-state index contributed by atoms with van der Waals surface area (Å²) in [5.74, 6) is 2.42. The third-order valence-electron chi connectivity index (χ3n) is 13.9. The fraction of sp³-hybridized carbons (Fsp3) is 0.320. The van der Waals surface area contributed by atoms with Gasteiger partial charge in [-0.3, -0.25) is 0 Å². The smallest absolute Gasteiger partial charge is 0.00272 e. The molecule has 11 rings (SSSR count). The van der Waals surface area contributed by atoms with E-state index in [1.165, 1.54) is 77.7 Å². The molecule has 5 atom stereocenters. The first-order valence-electron chi connectivity index (χ1n) is 19.7. The molecule has 8 aromatic rings. The van der Waals surface area contributed by atoms with Gasteiger partial charge in [-0.25, -0.2) is 0 Å². The maximum Gasteiger partial charge on any atom is 0.00272 e. The Bertz CT molecular complexity index is 2670. The second-order valence-electron chi connectivity index (χ2n) is 16.7. The van der Waals surface area contributed by atoms with Crippen LogP contribution in [0.25, 0.3) is 75.2 Å². The van der Waals surface area contributed by atoms with Crippen molar-refractivity contribution >= 4 is 71.9 Å². The summed E-state index contributed by atoms with van der Waals surface area (Å²) in [6.07, 6.45) is 7.35. The Hall–Kier alpha value is -4.12. The van der Waals surface area contributed by atoms with Gasteiger partial charge >= 0.3 is 0 Å². The SMILES string of the molecule is CCCc1c(CCC)c2ccc3ccc4ccc5ccccc5c4c3c2c2cc3c(cc(-c4ccccc4)p3[C@@H]3C[C@@H]4C[C@H]([C@H]3C)C4(C)C)cc12. The average molecular weight is 681 g/mol. The van der Waals surface area contributed by atoms with E-state index in [1.807, 2.05) is 0 Å². The van der Waals surface area contributed by atoms with E-state index in [4.69, 9.17) is 0 Å². The molecule has 0 amide bonds. The predicted octanol–water partition coefficient (Wildman–Crippen LogP) is 15.4. The molecule has 7 aromatic carbocycles. The van der Waals surface area contributed by atoms with E-state index in [2.05, 4.69) is 144 Å². The van der Waals surface area contributed by atoms with Gasteiger partial charge in [0.15, 0.2) is 0 Å². The van der Waals surface area contributed by atoms with Crippen molar-refractivity contribution in [3.05, 3.63) is 120 Å². The van der Waals surface area contributed by atoms with Crippen molar-refractivity contribution in [3.63, 3.8) is 0 Å². The molecule has 51 heavy (non-hydrogen) atoms. The van der Waals surface area contributed by atoms with Crippen LogP contribution < -0.4 is 0 Å². The Balaban J connectivity index is 1.39. The highest BCUT2D eigenvalue weighted by Gasteiger charge is 2.56. The quantitative estimate of drug-likeness (QED) is 0.153. The van der Waals surface area contributed by atoms with Crippen LogP contribution in [0.15, 0.2) is 109 Å². The van der Waals surface area contributed by atoms with Crippen molar-refractivity contribution in [1.82, 2.24) is 0 Å². The van der Waals surface area contributed by atoms with Gasteiger partial charge in [0.05, 0.1) is 0 Å². The number of aryl methyl sites for hydroxylation is 2.